The molecule has 13 nitrogen and oxygen atoms in total. The van der Waals surface area contributed by atoms with Gasteiger partial charge in [-0.05, 0) is 0 Å². The molecule has 1 unspecified atom stereocenters. The van der Waals surface area contributed by atoms with E-state index in [-0.39, 0.29) is 27.8 Å². The molecule has 2 aliphatic rings. The first kappa shape index (κ1) is 21.3. The van der Waals surface area contributed by atoms with Crippen molar-refractivity contribution < 1.29 is 38.6 Å². The molecule has 15 heteroatoms. The average Bonchev–Trinajstić information content (AvgIpc) is 3.17. The number of fused-ring (bicyclic) bond motifs is 1. The third-order valence-electron chi connectivity index (χ3n) is 4.05. The number of aromatic nitrogens is 1. The Labute approximate surface area is 175 Å². The summed E-state index contributed by atoms with van der Waals surface area (Å²) in [7, 11) is 0. The Morgan fingerprint density at radius 1 is 1.40 bits per heavy atom. The first-order chi connectivity index (χ1) is 14.2. The predicted octanol–water partition coefficient (Wildman–Crippen LogP) is -1.27. The van der Waals surface area contributed by atoms with Crippen LogP contribution in [0.2, 0.25) is 0 Å². The number of ether oxygens (including phenoxy) is 1. The minimum absolute atomic E-state index is 0.108. The lowest BCUT2D eigenvalue weighted by molar-refractivity contribution is -0.150. The molecule has 1 aromatic rings. The van der Waals surface area contributed by atoms with E-state index in [1.54, 1.807) is 0 Å². The van der Waals surface area contributed by atoms with Crippen LogP contribution >= 0.6 is 23.1 Å². The Balaban J connectivity index is 1.70. The van der Waals surface area contributed by atoms with E-state index in [9.17, 15) is 33.9 Å². The zero-order chi connectivity index (χ0) is 22.0. The van der Waals surface area contributed by atoms with Gasteiger partial charge in [0.25, 0.3) is 17.6 Å². The highest BCUT2D eigenvalue weighted by molar-refractivity contribution is 8.00. The van der Waals surface area contributed by atoms with Crippen molar-refractivity contribution in [1.82, 2.24) is 15.2 Å². The quantitative estimate of drug-likeness (QED) is 0.159. The second-order valence-corrected chi connectivity index (χ2v) is 7.82. The molecule has 1 fully saturated rings. The van der Waals surface area contributed by atoms with Crippen LogP contribution in [0.1, 0.15) is 10.5 Å². The molecule has 158 valence electrons. The highest BCUT2D eigenvalue weighted by atomic mass is 32.2. The van der Waals surface area contributed by atoms with E-state index < -0.39 is 47.7 Å². The molecule has 0 aliphatic carbocycles. The largest absolute Gasteiger partial charge is 0.477 e. The fourth-order valence-corrected chi connectivity index (χ4v) is 4.75. The molecular weight excluding hydrogens is 442 g/mol. The number of aliphatic carboxylic acids is 1. The number of ketones is 1. The smallest absolute Gasteiger partial charge is 0.404 e. The van der Waals surface area contributed by atoms with E-state index in [2.05, 4.69) is 20.4 Å². The Hall–Kier alpha value is -3.46. The molecule has 1 saturated heterocycles. The summed E-state index contributed by atoms with van der Waals surface area (Å²) in [5, 5.41) is 14.6. The Morgan fingerprint density at radius 3 is 2.77 bits per heavy atom. The molecule has 0 aromatic carbocycles. The number of rotatable bonds is 8. The van der Waals surface area contributed by atoms with E-state index in [0.717, 1.165) is 28.0 Å². The first-order valence-electron chi connectivity index (χ1n) is 8.07. The highest BCUT2D eigenvalue weighted by Crippen LogP contribution is 2.40. The summed E-state index contributed by atoms with van der Waals surface area (Å²) < 4.78 is 4.61. The van der Waals surface area contributed by atoms with Crippen molar-refractivity contribution in [2.24, 2.45) is 5.73 Å². The number of anilines is 1. The molecule has 0 spiro atoms. The number of carboxylic acids is 1. The summed E-state index contributed by atoms with van der Waals surface area (Å²) >= 11 is 2.07. The predicted molar refractivity (Wildman–Crippen MR) is 101 cm³/mol. The number of nitrogens with one attached hydrogen (secondary N) is 2. The van der Waals surface area contributed by atoms with Crippen LogP contribution < -0.4 is 16.4 Å². The second-order valence-electron chi connectivity index (χ2n) is 5.86. The number of nitrogens with two attached hydrogens (primary N) is 1. The van der Waals surface area contributed by atoms with E-state index in [1.807, 2.05) is 0 Å². The Morgan fingerprint density at radius 2 is 2.13 bits per heavy atom. The fraction of sp³-hybridized carbons (Fsp3) is 0.267. The Kier molecular flexibility index (Phi) is 6.02. The minimum Gasteiger partial charge on any atom is -0.477 e. The lowest BCUT2D eigenvalue weighted by Gasteiger charge is -2.49. The first-order valence-corrected chi connectivity index (χ1v) is 10.0. The third kappa shape index (κ3) is 3.97. The van der Waals surface area contributed by atoms with Gasteiger partial charge in [-0.3, -0.25) is 24.1 Å². The zero-order valence-corrected chi connectivity index (χ0v) is 16.4. The number of thiazole rings is 1. The molecule has 2 aliphatic heterocycles. The van der Waals surface area contributed by atoms with Crippen molar-refractivity contribution in [3.05, 3.63) is 22.3 Å². The maximum Gasteiger partial charge on any atom is 0.404 e. The van der Waals surface area contributed by atoms with Gasteiger partial charge in [-0.25, -0.2) is 14.6 Å². The highest BCUT2D eigenvalue weighted by Gasteiger charge is 2.54. The van der Waals surface area contributed by atoms with Crippen molar-refractivity contribution in [1.29, 1.82) is 0 Å². The SMILES string of the molecule is NC(=O)OCC1=C(C(=O)O)N2C(=O)C(NC(=O)C(=O)c3csc(NC=O)n3)[C@@H]2SC1. The maximum absolute atomic E-state index is 12.5. The van der Waals surface area contributed by atoms with Crippen molar-refractivity contribution in [2.45, 2.75) is 11.4 Å². The van der Waals surface area contributed by atoms with Crippen LogP contribution in [0.25, 0.3) is 0 Å². The zero-order valence-electron chi connectivity index (χ0n) is 14.8. The lowest BCUT2D eigenvalue weighted by atomic mass is 10.0. The monoisotopic (exact) mass is 455 g/mol. The van der Waals surface area contributed by atoms with Crippen molar-refractivity contribution in [3.8, 4) is 0 Å². The maximum atomic E-state index is 12.5. The number of Topliss-reactive ketones (excluding diaryl/α,β-unsaturated/α-hetero) is 1. The number of hydrogen-bond donors (Lipinski definition) is 4. The van der Waals surface area contributed by atoms with Crippen molar-refractivity contribution in [2.75, 3.05) is 17.7 Å². The van der Waals surface area contributed by atoms with Crippen LogP contribution in [0.3, 0.4) is 0 Å². The van der Waals surface area contributed by atoms with Crippen LogP contribution in [0.4, 0.5) is 9.93 Å². The molecule has 2 atom stereocenters. The topological polar surface area (TPSA) is 198 Å². The number of carboxylic acid groups (broad SMARTS) is 1. The summed E-state index contributed by atoms with van der Waals surface area (Å²) in [6.45, 7) is -0.392. The number of carbonyl (C=O) groups excluding carboxylic acids is 5. The van der Waals surface area contributed by atoms with Gasteiger partial charge >= 0.3 is 12.1 Å². The van der Waals surface area contributed by atoms with Gasteiger partial charge in [-0.15, -0.1) is 23.1 Å². The number of carbonyl (C=O) groups is 6. The molecule has 1 aromatic heterocycles. The lowest BCUT2D eigenvalue weighted by Crippen LogP contribution is -2.71. The summed E-state index contributed by atoms with van der Waals surface area (Å²) in [5.41, 5.74) is 4.49. The van der Waals surface area contributed by atoms with Gasteiger partial charge in [0.05, 0.1) is 0 Å². The van der Waals surface area contributed by atoms with E-state index in [1.165, 1.54) is 5.38 Å². The Bertz CT molecular complexity index is 989. The van der Waals surface area contributed by atoms with Gasteiger partial charge in [-0.1, -0.05) is 0 Å². The summed E-state index contributed by atoms with van der Waals surface area (Å²) in [4.78, 5) is 74.4. The van der Waals surface area contributed by atoms with Gasteiger partial charge in [0.15, 0.2) is 5.13 Å². The minimum atomic E-state index is -1.41. The number of nitrogens with zero attached hydrogens (tertiary/aromatic N) is 2. The van der Waals surface area contributed by atoms with Gasteiger partial charge in [0.2, 0.25) is 6.41 Å². The number of β-lactam (4-membered cyclic amide) rings is 1. The number of thioether (sulfide) groups is 1. The fourth-order valence-electron chi connectivity index (χ4n) is 2.77. The number of hydrogen-bond acceptors (Lipinski definition) is 10. The second kappa shape index (κ2) is 8.50. The van der Waals surface area contributed by atoms with Crippen LogP contribution in [0.15, 0.2) is 16.7 Å². The molecule has 4 amide bonds. The van der Waals surface area contributed by atoms with Crippen molar-refractivity contribution >= 4 is 64.3 Å². The van der Waals surface area contributed by atoms with E-state index in [0.29, 0.717) is 6.41 Å². The molecular formula is C15H13N5O8S2. The summed E-state index contributed by atoms with van der Waals surface area (Å²) in [6, 6.07) is -1.12. The normalized spacial score (nSPS) is 20.0. The standard InChI is InChI=1S/C15H13N5O8S2/c16-14(27)28-1-5-2-29-12-7(11(24)20(12)8(5)13(25)26)19-10(23)9(22)6-3-30-15(18-6)17-4-21/h3-4,7,12H,1-2H2,(H2,16,27)(H,19,23)(H,25,26)(H,17,18,21)/t7?,12-/m0/s1. The molecule has 0 radical (unpaired) electrons. The molecule has 0 bridgehead atoms. The van der Waals surface area contributed by atoms with Gasteiger partial charge in [0.1, 0.15) is 29.4 Å². The molecule has 0 saturated carbocycles. The number of amides is 4. The third-order valence-corrected chi connectivity index (χ3v) is 6.16. The van der Waals surface area contributed by atoms with Gasteiger partial charge in [-0.2, -0.15) is 0 Å². The van der Waals surface area contributed by atoms with Crippen LogP contribution in [0, 0.1) is 0 Å². The van der Waals surface area contributed by atoms with Crippen LogP contribution in [0.5, 0.6) is 0 Å². The molecule has 5 N–H and O–H groups in total. The summed E-state index contributed by atoms with van der Waals surface area (Å²) in [6.07, 6.45) is -0.725. The summed E-state index contributed by atoms with van der Waals surface area (Å²) in [5.74, 6) is -4.14. The van der Waals surface area contributed by atoms with Gasteiger partial charge in [0, 0.05) is 16.7 Å². The van der Waals surface area contributed by atoms with Crippen LogP contribution in [-0.2, 0) is 23.9 Å². The van der Waals surface area contributed by atoms with E-state index >= 15 is 0 Å². The molecule has 3 heterocycles. The van der Waals surface area contributed by atoms with Gasteiger partial charge < -0.3 is 26.2 Å². The number of primary amides is 1. The average molecular weight is 455 g/mol. The van der Waals surface area contributed by atoms with Crippen LogP contribution in [-0.4, -0.2) is 74.8 Å². The van der Waals surface area contributed by atoms with E-state index in [4.69, 9.17) is 5.73 Å². The molecule has 3 rings (SSSR count). The van der Waals surface area contributed by atoms with Crippen molar-refractivity contribution in [3.63, 3.8) is 0 Å². The molecule has 30 heavy (non-hydrogen) atoms.